The van der Waals surface area contributed by atoms with Crippen molar-refractivity contribution in [1.82, 2.24) is 9.66 Å². The summed E-state index contributed by atoms with van der Waals surface area (Å²) >= 11 is 9.98. The molecule has 0 N–H and O–H groups in total. The van der Waals surface area contributed by atoms with E-state index in [0.717, 1.165) is 5.39 Å². The topological polar surface area (TPSA) is 78.8 Å². The van der Waals surface area contributed by atoms with Gasteiger partial charge in [-0.1, -0.05) is 47.9 Å². The molecule has 5 aromatic rings. The highest BCUT2D eigenvalue weighted by Crippen LogP contribution is 2.42. The van der Waals surface area contributed by atoms with Crippen LogP contribution in [0.5, 0.6) is 11.5 Å². The van der Waals surface area contributed by atoms with Crippen LogP contribution in [0, 0.1) is 12.3 Å². The predicted octanol–water partition coefficient (Wildman–Crippen LogP) is 6.13. The maximum Gasteiger partial charge on any atom is 0.282 e. The first-order chi connectivity index (χ1) is 17.5. The number of aromatic nitrogens is 2. The number of furan rings is 1. The van der Waals surface area contributed by atoms with Crippen LogP contribution in [0.15, 0.2) is 79.4 Å². The summed E-state index contributed by atoms with van der Waals surface area (Å²) in [5.74, 6) is 3.72. The molecule has 9 heteroatoms. The van der Waals surface area contributed by atoms with Crippen molar-refractivity contribution in [2.24, 2.45) is 5.10 Å². The maximum absolute atomic E-state index is 13.5. The van der Waals surface area contributed by atoms with E-state index in [1.807, 2.05) is 36.4 Å². The zero-order chi connectivity index (χ0) is 25.2. The van der Waals surface area contributed by atoms with Gasteiger partial charge in [0.25, 0.3) is 5.56 Å². The van der Waals surface area contributed by atoms with E-state index in [2.05, 4.69) is 31.9 Å². The van der Waals surface area contributed by atoms with Crippen LogP contribution in [-0.4, -0.2) is 29.6 Å². The fourth-order valence-electron chi connectivity index (χ4n) is 3.70. The van der Waals surface area contributed by atoms with Gasteiger partial charge in [0, 0.05) is 15.4 Å². The highest BCUT2D eigenvalue weighted by atomic mass is 79.9. The van der Waals surface area contributed by atoms with Crippen molar-refractivity contribution in [2.75, 3.05) is 13.7 Å². The smallest absolute Gasteiger partial charge is 0.282 e. The molecule has 7 nitrogen and oxygen atoms in total. The SMILES string of the molecule is C#CCOc1c(OC)cc(C=Nn2c(-c3cc4ccccc4o3)nc3ccccc3c2=O)c(Br)c1Cl. The number of ether oxygens (including phenoxy) is 2. The molecule has 3 aromatic carbocycles. The summed E-state index contributed by atoms with van der Waals surface area (Å²) in [6, 6.07) is 18.1. The zero-order valence-electron chi connectivity index (χ0n) is 18.9. The van der Waals surface area contributed by atoms with Crippen molar-refractivity contribution in [3.05, 3.63) is 86.1 Å². The molecular formula is C27H17BrClN3O4. The monoisotopic (exact) mass is 561 g/mol. The van der Waals surface area contributed by atoms with Crippen LogP contribution in [-0.2, 0) is 0 Å². The molecule has 178 valence electrons. The highest BCUT2D eigenvalue weighted by molar-refractivity contribution is 9.10. The molecule has 2 heterocycles. The average Bonchev–Trinajstić information content (AvgIpc) is 3.34. The molecular weight excluding hydrogens is 546 g/mol. The van der Waals surface area contributed by atoms with Crippen molar-refractivity contribution in [3.63, 3.8) is 0 Å². The van der Waals surface area contributed by atoms with E-state index < -0.39 is 0 Å². The van der Waals surface area contributed by atoms with Crippen LogP contribution in [0.25, 0.3) is 33.5 Å². The second-order valence-electron chi connectivity index (χ2n) is 7.58. The number of hydrogen-bond donors (Lipinski definition) is 0. The van der Waals surface area contributed by atoms with Crippen LogP contribution in [0.3, 0.4) is 0 Å². The first kappa shape index (κ1) is 23.7. The van der Waals surface area contributed by atoms with Crippen molar-refractivity contribution in [1.29, 1.82) is 0 Å². The number of halogens is 2. The third-order valence-corrected chi connectivity index (χ3v) is 6.83. The first-order valence-corrected chi connectivity index (χ1v) is 11.9. The van der Waals surface area contributed by atoms with E-state index >= 15 is 0 Å². The molecule has 0 aliphatic heterocycles. The number of nitrogens with zero attached hydrogens (tertiary/aromatic N) is 3. The molecule has 0 radical (unpaired) electrons. The standard InChI is InChI=1S/C27H17BrClN3O4/c1-3-12-35-25-21(34-2)14-17(23(28)24(25)29)15-30-32-26(22-13-16-8-4-7-11-20(16)36-22)31-19-10-6-5-9-18(19)27(32)33/h1,4-11,13-15H,12H2,2H3. The minimum atomic E-state index is -0.351. The van der Waals surface area contributed by atoms with Gasteiger partial charge >= 0.3 is 0 Å². The van der Waals surface area contributed by atoms with Gasteiger partial charge in [0.2, 0.25) is 5.82 Å². The second kappa shape index (κ2) is 9.90. The summed E-state index contributed by atoms with van der Waals surface area (Å²) < 4.78 is 18.7. The fourth-order valence-corrected chi connectivity index (χ4v) is 4.35. The van der Waals surface area contributed by atoms with Gasteiger partial charge in [0.1, 0.15) is 17.2 Å². The zero-order valence-corrected chi connectivity index (χ0v) is 21.2. The Hall–Kier alpha value is -4.06. The van der Waals surface area contributed by atoms with Crippen LogP contribution in [0.4, 0.5) is 0 Å². The van der Waals surface area contributed by atoms with E-state index in [4.69, 9.17) is 31.9 Å². The van der Waals surface area contributed by atoms with Gasteiger partial charge in [-0.3, -0.25) is 4.79 Å². The van der Waals surface area contributed by atoms with Gasteiger partial charge in [-0.2, -0.15) is 9.78 Å². The van der Waals surface area contributed by atoms with Crippen molar-refractivity contribution in [3.8, 4) is 35.4 Å². The van der Waals surface area contributed by atoms with Gasteiger partial charge in [-0.25, -0.2) is 4.98 Å². The summed E-state index contributed by atoms with van der Waals surface area (Å²) in [6.07, 6.45) is 6.78. The van der Waals surface area contributed by atoms with E-state index in [1.54, 1.807) is 24.3 Å². The summed E-state index contributed by atoms with van der Waals surface area (Å²) in [4.78, 5) is 18.2. The molecule has 0 saturated heterocycles. The van der Waals surface area contributed by atoms with Crippen molar-refractivity contribution < 1.29 is 13.9 Å². The fraction of sp³-hybridized carbons (Fsp3) is 0.0741. The molecule has 0 bridgehead atoms. The summed E-state index contributed by atoms with van der Waals surface area (Å²) in [5.41, 5.74) is 1.40. The minimum absolute atomic E-state index is 0.0228. The van der Waals surface area contributed by atoms with Gasteiger partial charge in [0.05, 0.1) is 24.2 Å². The first-order valence-electron chi connectivity index (χ1n) is 10.7. The molecule has 0 fully saturated rings. The number of hydrogen-bond acceptors (Lipinski definition) is 6. The largest absolute Gasteiger partial charge is 0.493 e. The molecule has 0 spiro atoms. The lowest BCUT2D eigenvalue weighted by atomic mass is 10.2. The van der Waals surface area contributed by atoms with Crippen LogP contribution in [0.1, 0.15) is 5.56 Å². The Balaban J connectivity index is 1.69. The van der Waals surface area contributed by atoms with Gasteiger partial charge in [0.15, 0.2) is 17.3 Å². The number of para-hydroxylation sites is 2. The lowest BCUT2D eigenvalue weighted by Gasteiger charge is -2.13. The van der Waals surface area contributed by atoms with Crippen LogP contribution in [0.2, 0.25) is 5.02 Å². The Morgan fingerprint density at radius 3 is 2.78 bits per heavy atom. The molecule has 0 amide bonds. The van der Waals surface area contributed by atoms with Gasteiger partial charge in [-0.15, -0.1) is 6.42 Å². The molecule has 0 atom stereocenters. The molecule has 2 aromatic heterocycles. The average molecular weight is 563 g/mol. The summed E-state index contributed by atoms with van der Waals surface area (Å²) in [5, 5.41) is 6.04. The Morgan fingerprint density at radius 1 is 1.22 bits per heavy atom. The predicted molar refractivity (Wildman–Crippen MR) is 144 cm³/mol. The molecule has 0 aliphatic rings. The second-order valence-corrected chi connectivity index (χ2v) is 8.75. The van der Waals surface area contributed by atoms with Crippen molar-refractivity contribution >= 4 is 55.6 Å². The Bertz CT molecular complexity index is 1720. The van der Waals surface area contributed by atoms with Gasteiger partial charge in [-0.05, 0) is 46.3 Å². The summed E-state index contributed by atoms with van der Waals surface area (Å²) in [7, 11) is 1.49. The van der Waals surface area contributed by atoms with E-state index in [-0.39, 0.29) is 23.0 Å². The molecule has 5 rings (SSSR count). The Labute approximate surface area is 219 Å². The van der Waals surface area contributed by atoms with Crippen LogP contribution >= 0.6 is 27.5 Å². The number of fused-ring (bicyclic) bond motifs is 2. The normalized spacial score (nSPS) is 11.3. The minimum Gasteiger partial charge on any atom is -0.493 e. The number of methoxy groups -OCH3 is 1. The highest BCUT2D eigenvalue weighted by Gasteiger charge is 2.19. The van der Waals surface area contributed by atoms with Crippen molar-refractivity contribution in [2.45, 2.75) is 0 Å². The van der Waals surface area contributed by atoms with Gasteiger partial charge < -0.3 is 13.9 Å². The van der Waals surface area contributed by atoms with E-state index in [1.165, 1.54) is 18.0 Å². The molecule has 0 unspecified atom stereocenters. The number of terminal acetylenes is 1. The van der Waals surface area contributed by atoms with E-state index in [0.29, 0.717) is 43.8 Å². The maximum atomic E-state index is 13.5. The molecule has 0 aliphatic carbocycles. The lowest BCUT2D eigenvalue weighted by molar-refractivity contribution is 0.331. The third kappa shape index (κ3) is 4.24. The molecule has 36 heavy (non-hydrogen) atoms. The quantitative estimate of drug-likeness (QED) is 0.184. The van der Waals surface area contributed by atoms with E-state index in [9.17, 15) is 4.79 Å². The Morgan fingerprint density at radius 2 is 2.00 bits per heavy atom. The molecule has 0 saturated carbocycles. The Kier molecular flexibility index (Phi) is 6.51. The number of benzene rings is 3. The number of rotatable bonds is 6. The summed E-state index contributed by atoms with van der Waals surface area (Å²) in [6.45, 7) is 0.0228. The third-order valence-electron chi connectivity index (χ3n) is 5.39. The van der Waals surface area contributed by atoms with Crippen LogP contribution < -0.4 is 15.0 Å². The lowest BCUT2D eigenvalue weighted by Crippen LogP contribution is -2.20.